The molecule has 1 aliphatic rings. The number of aryl methyl sites for hydroxylation is 1. The molecule has 1 saturated heterocycles. The van der Waals surface area contributed by atoms with Crippen molar-refractivity contribution >= 4 is 40.4 Å². The van der Waals surface area contributed by atoms with E-state index in [1.807, 2.05) is 26.0 Å². The topological polar surface area (TPSA) is 95.1 Å². The lowest BCUT2D eigenvalue weighted by molar-refractivity contribution is 0.258. The van der Waals surface area contributed by atoms with E-state index in [4.69, 9.17) is 9.47 Å². The molecule has 0 bridgehead atoms. The van der Waals surface area contributed by atoms with Crippen LogP contribution in [0, 0.1) is 26.0 Å². The van der Waals surface area contributed by atoms with Crippen molar-refractivity contribution in [3.8, 4) is 11.5 Å². The largest absolute Gasteiger partial charge is 0.497 e. The first-order valence-electron chi connectivity index (χ1n) is 13.7. The second-order valence-corrected chi connectivity index (χ2v) is 10.1. The number of amides is 2. The summed E-state index contributed by atoms with van der Waals surface area (Å²) in [7, 11) is 5.27. The number of piperazine rings is 1. The number of aromatic nitrogens is 2. The number of rotatable bonds is 8. The van der Waals surface area contributed by atoms with Gasteiger partial charge in [0.15, 0.2) is 0 Å². The highest BCUT2D eigenvalue weighted by atomic mass is 16.5. The van der Waals surface area contributed by atoms with Gasteiger partial charge in [-0.3, -0.25) is 0 Å². The van der Waals surface area contributed by atoms with Crippen LogP contribution in [0.4, 0.5) is 39.2 Å². The fourth-order valence-electron chi connectivity index (χ4n) is 4.85. The minimum atomic E-state index is -0.426. The number of methoxy groups -OCH3 is 2. The number of likely N-dealkylation sites (N-methyl/N-ethyl adjacent to an activating group) is 1. The van der Waals surface area contributed by atoms with Crippen LogP contribution < -0.4 is 29.9 Å². The summed E-state index contributed by atoms with van der Waals surface area (Å²) in [6, 6.07) is 22.6. The third kappa shape index (κ3) is 6.32. The molecule has 3 aromatic carbocycles. The van der Waals surface area contributed by atoms with Gasteiger partial charge in [-0.25, -0.2) is 19.7 Å². The van der Waals surface area contributed by atoms with E-state index in [1.54, 1.807) is 44.6 Å². The number of ether oxygens (including phenoxy) is 2. The van der Waals surface area contributed by atoms with Gasteiger partial charge in [0.05, 0.1) is 25.6 Å². The molecule has 42 heavy (non-hydrogen) atoms. The zero-order valence-electron chi connectivity index (χ0n) is 24.6. The average Bonchev–Trinajstić information content (AvgIpc) is 3.00. The van der Waals surface area contributed by atoms with Gasteiger partial charge >= 0.3 is 6.03 Å². The summed E-state index contributed by atoms with van der Waals surface area (Å²) in [5.74, 6) is 1.93. The predicted molar refractivity (Wildman–Crippen MR) is 166 cm³/mol. The Morgan fingerprint density at radius 1 is 0.976 bits per heavy atom. The Labute approximate surface area is 246 Å². The van der Waals surface area contributed by atoms with Gasteiger partial charge in [0.2, 0.25) is 0 Å². The maximum atomic E-state index is 13.9. The maximum Gasteiger partial charge on any atom is 0.332 e. The first kappa shape index (κ1) is 28.5. The number of hydrogen-bond donors (Lipinski definition) is 2. The molecule has 1 aromatic heterocycles. The van der Waals surface area contributed by atoms with Crippen LogP contribution in [-0.4, -0.2) is 68.3 Å². The van der Waals surface area contributed by atoms with Crippen LogP contribution in [0.5, 0.6) is 11.5 Å². The molecule has 5 rings (SSSR count). The smallest absolute Gasteiger partial charge is 0.332 e. The second kappa shape index (κ2) is 12.7. The Bertz CT molecular complexity index is 1520. The van der Waals surface area contributed by atoms with Gasteiger partial charge in [-0.1, -0.05) is 12.1 Å². The van der Waals surface area contributed by atoms with Crippen molar-refractivity contribution in [3.05, 3.63) is 84.2 Å². The number of hydrogen-bond acceptors (Lipinski definition) is 8. The minimum Gasteiger partial charge on any atom is -0.497 e. The molecule has 0 spiro atoms. The monoisotopic (exact) mass is 565 g/mol. The molecule has 1 fully saturated rings. The van der Waals surface area contributed by atoms with Gasteiger partial charge < -0.3 is 29.9 Å². The molecule has 0 unspecified atom stereocenters. The molecule has 2 N–H and O–H groups in total. The average molecular weight is 566 g/mol. The molecule has 4 aromatic rings. The van der Waals surface area contributed by atoms with Crippen molar-refractivity contribution in [2.75, 3.05) is 67.9 Å². The lowest BCUT2D eigenvalue weighted by Crippen LogP contribution is -2.44. The lowest BCUT2D eigenvalue weighted by Gasteiger charge is -2.34. The van der Waals surface area contributed by atoms with E-state index >= 15 is 0 Å². The SMILES string of the molecule is COc1ccc(N(C(=O)Nc2c(C)c#ccc2C)c2cc(Nc3ccc(N4CCN(C)CC4)cc3)ncn2)c(OC)c1. The minimum absolute atomic E-state index is 0.351. The Morgan fingerprint density at radius 3 is 2.43 bits per heavy atom. The fraction of sp³-hybridized carbons (Fsp3) is 0.281. The molecule has 0 aliphatic carbocycles. The highest BCUT2D eigenvalue weighted by Gasteiger charge is 2.25. The second-order valence-electron chi connectivity index (χ2n) is 10.1. The zero-order valence-corrected chi connectivity index (χ0v) is 24.6. The van der Waals surface area contributed by atoms with E-state index in [-0.39, 0.29) is 0 Å². The third-order valence-electron chi connectivity index (χ3n) is 7.27. The lowest BCUT2D eigenvalue weighted by atomic mass is 10.1. The molecule has 216 valence electrons. The van der Waals surface area contributed by atoms with Crippen LogP contribution in [0.3, 0.4) is 0 Å². The molecule has 10 nitrogen and oxygen atoms in total. The third-order valence-corrected chi connectivity index (χ3v) is 7.27. The number of benzene rings is 2. The molecule has 10 heteroatoms. The van der Waals surface area contributed by atoms with Crippen molar-refractivity contribution in [2.45, 2.75) is 13.8 Å². The van der Waals surface area contributed by atoms with E-state index < -0.39 is 6.03 Å². The maximum absolute atomic E-state index is 13.9. The van der Waals surface area contributed by atoms with Crippen molar-refractivity contribution < 1.29 is 14.3 Å². The van der Waals surface area contributed by atoms with Gasteiger partial charge in [0.25, 0.3) is 0 Å². The van der Waals surface area contributed by atoms with Crippen molar-refractivity contribution in [3.63, 3.8) is 0 Å². The van der Waals surface area contributed by atoms with E-state index in [1.165, 1.54) is 16.9 Å². The van der Waals surface area contributed by atoms with Crippen LogP contribution in [0.2, 0.25) is 0 Å². The van der Waals surface area contributed by atoms with Gasteiger partial charge in [-0.05, 0) is 68.9 Å². The molecular weight excluding hydrogens is 530 g/mol. The van der Waals surface area contributed by atoms with Crippen LogP contribution in [0.1, 0.15) is 11.1 Å². The first-order valence-corrected chi connectivity index (χ1v) is 13.7. The van der Waals surface area contributed by atoms with Crippen molar-refractivity contribution in [1.82, 2.24) is 14.9 Å². The zero-order chi connectivity index (χ0) is 29.6. The van der Waals surface area contributed by atoms with Gasteiger partial charge in [-0.15, -0.1) is 0 Å². The Kier molecular flexibility index (Phi) is 8.60. The van der Waals surface area contributed by atoms with E-state index in [0.29, 0.717) is 34.5 Å². The Morgan fingerprint density at radius 2 is 1.74 bits per heavy atom. The standard InChI is InChI=1S/C32H35N7O3/c1-22-7-6-8-23(2)31(22)36-32(40)39(27-14-13-26(41-4)19-28(27)42-5)30-20-29(33-21-34-30)35-24-9-11-25(12-10-24)38-17-15-37(3)16-18-38/h7,9-14,19-21H,15-18H2,1-5H3,(H,36,40)(H,33,34,35). The number of nitrogens with zero attached hydrogens (tertiary/aromatic N) is 5. The molecular formula is C32H35N7O3. The molecule has 2 amide bonds. The van der Waals surface area contributed by atoms with Crippen LogP contribution >= 0.6 is 0 Å². The van der Waals surface area contributed by atoms with Crippen LogP contribution in [0.15, 0.2) is 60.9 Å². The summed E-state index contributed by atoms with van der Waals surface area (Å²) in [6.07, 6.45) is 1.42. The number of urea groups is 1. The first-order chi connectivity index (χ1) is 20.4. The molecule has 0 radical (unpaired) electrons. The van der Waals surface area contributed by atoms with E-state index in [2.05, 4.69) is 61.7 Å². The number of carbonyl (C=O) groups is 1. The van der Waals surface area contributed by atoms with Crippen molar-refractivity contribution in [2.24, 2.45) is 0 Å². The number of anilines is 6. The fourth-order valence-corrected chi connectivity index (χ4v) is 4.85. The number of carbonyl (C=O) groups excluding carboxylic acids is 1. The summed E-state index contributed by atoms with van der Waals surface area (Å²) >= 11 is 0. The van der Waals surface area contributed by atoms with Crippen LogP contribution in [0.25, 0.3) is 0 Å². The summed E-state index contributed by atoms with van der Waals surface area (Å²) in [6.45, 7) is 7.89. The van der Waals surface area contributed by atoms with Gasteiger partial charge in [-0.2, -0.15) is 0 Å². The Balaban J connectivity index is 1.45. The summed E-state index contributed by atoms with van der Waals surface area (Å²) in [4.78, 5) is 29.0. The summed E-state index contributed by atoms with van der Waals surface area (Å²) in [5.41, 5.74) is 4.84. The van der Waals surface area contributed by atoms with E-state index in [9.17, 15) is 4.79 Å². The summed E-state index contributed by atoms with van der Waals surface area (Å²) in [5, 5.41) is 6.37. The van der Waals surface area contributed by atoms with Gasteiger partial charge in [0, 0.05) is 55.2 Å². The quantitative estimate of drug-likeness (QED) is 0.286. The molecule has 2 heterocycles. The van der Waals surface area contributed by atoms with Gasteiger partial charge in [0.1, 0.15) is 29.5 Å². The molecule has 0 saturated carbocycles. The highest BCUT2D eigenvalue weighted by Crippen LogP contribution is 2.37. The molecule has 1 aliphatic heterocycles. The normalized spacial score (nSPS) is 13.2. The Hall–Kier alpha value is -5.01. The molecule has 0 atom stereocenters. The van der Waals surface area contributed by atoms with Crippen LogP contribution in [-0.2, 0) is 0 Å². The summed E-state index contributed by atoms with van der Waals surface area (Å²) < 4.78 is 11.0. The predicted octanol–water partition coefficient (Wildman–Crippen LogP) is 5.58. The van der Waals surface area contributed by atoms with Crippen molar-refractivity contribution in [1.29, 1.82) is 0 Å². The van der Waals surface area contributed by atoms with E-state index in [0.717, 1.165) is 43.0 Å². The number of nitrogens with one attached hydrogen (secondary N) is 2. The highest BCUT2D eigenvalue weighted by molar-refractivity contribution is 6.08.